The number of nitrogens with one attached hydrogen (secondary N) is 1. The zero-order valence-electron chi connectivity index (χ0n) is 16.6. The average molecular weight is 385 g/mol. The second-order valence-corrected chi connectivity index (χ2v) is 7.31. The molecule has 1 saturated heterocycles. The summed E-state index contributed by atoms with van der Waals surface area (Å²) >= 11 is 0. The highest BCUT2D eigenvalue weighted by Crippen LogP contribution is 2.22. The number of carbonyl (C=O) groups excluding carboxylic acids is 2. The molecule has 0 spiro atoms. The van der Waals surface area contributed by atoms with Crippen molar-refractivity contribution in [2.24, 2.45) is 5.92 Å². The number of carbonyl (C=O) groups is 2. The van der Waals surface area contributed by atoms with Crippen LogP contribution in [0.3, 0.4) is 0 Å². The first kappa shape index (κ1) is 19.9. The zero-order valence-corrected chi connectivity index (χ0v) is 16.6. The Morgan fingerprint density at radius 2 is 2.07 bits per heavy atom. The minimum atomic E-state index is -0.351. The molecule has 1 fully saturated rings. The van der Waals surface area contributed by atoms with Gasteiger partial charge in [0, 0.05) is 32.3 Å². The molecule has 2 heterocycles. The molecule has 1 N–H and O–H groups in total. The number of anilines is 1. The third-order valence-corrected chi connectivity index (χ3v) is 4.79. The maximum Gasteiger partial charge on any atom is 0.229 e. The van der Waals surface area contributed by atoms with E-state index in [0.29, 0.717) is 18.8 Å². The molecule has 8 nitrogen and oxygen atoms in total. The first-order valence-corrected chi connectivity index (χ1v) is 9.33. The lowest BCUT2D eigenvalue weighted by atomic mass is 10.1. The average Bonchev–Trinajstić information content (AvgIpc) is 3.27. The van der Waals surface area contributed by atoms with Gasteiger partial charge in [0.25, 0.3) is 0 Å². The fraction of sp³-hybridized carbons (Fsp3) is 0.450. The quantitative estimate of drug-likeness (QED) is 0.744. The van der Waals surface area contributed by atoms with E-state index in [1.807, 2.05) is 44.6 Å². The van der Waals surface area contributed by atoms with Crippen LogP contribution < -0.4 is 10.1 Å². The van der Waals surface area contributed by atoms with Crippen molar-refractivity contribution in [1.82, 2.24) is 19.6 Å². The minimum Gasteiger partial charge on any atom is -0.497 e. The van der Waals surface area contributed by atoms with Crippen molar-refractivity contribution >= 4 is 17.5 Å². The number of hydrogen-bond donors (Lipinski definition) is 1. The van der Waals surface area contributed by atoms with Gasteiger partial charge < -0.3 is 19.9 Å². The summed E-state index contributed by atoms with van der Waals surface area (Å²) in [4.78, 5) is 28.7. The third-order valence-electron chi connectivity index (χ3n) is 4.79. The number of aromatic nitrogens is 2. The monoisotopic (exact) mass is 385 g/mol. The number of likely N-dealkylation sites (tertiary alicyclic amines) is 1. The molecule has 1 aromatic heterocycles. The van der Waals surface area contributed by atoms with Crippen molar-refractivity contribution in [2.75, 3.05) is 39.6 Å². The van der Waals surface area contributed by atoms with E-state index in [4.69, 9.17) is 4.74 Å². The molecule has 1 unspecified atom stereocenters. The summed E-state index contributed by atoms with van der Waals surface area (Å²) < 4.78 is 6.95. The topological polar surface area (TPSA) is 79.7 Å². The van der Waals surface area contributed by atoms with E-state index in [1.54, 1.807) is 22.9 Å². The van der Waals surface area contributed by atoms with Gasteiger partial charge in [-0.05, 0) is 31.8 Å². The van der Waals surface area contributed by atoms with Gasteiger partial charge in [0.05, 0.1) is 31.5 Å². The Labute approximate surface area is 165 Å². The molecule has 1 atom stereocenters. The summed E-state index contributed by atoms with van der Waals surface area (Å²) in [6.45, 7) is 2.54. The lowest BCUT2D eigenvalue weighted by Crippen LogP contribution is -2.28. The van der Waals surface area contributed by atoms with Crippen LogP contribution in [-0.2, 0) is 22.7 Å². The number of benzene rings is 1. The van der Waals surface area contributed by atoms with Crippen LogP contribution in [0.5, 0.6) is 5.75 Å². The van der Waals surface area contributed by atoms with E-state index in [1.165, 1.54) is 0 Å². The van der Waals surface area contributed by atoms with E-state index < -0.39 is 0 Å². The molecule has 0 bridgehead atoms. The Balaban J connectivity index is 1.53. The standard InChI is InChI=1S/C20H27N5O3/c1-23(2)8-9-25-14-17(11-21-25)22-20(27)16-10-19(26)24(13-16)12-15-4-6-18(28-3)7-5-15/h4-7,11,14,16H,8-10,12-13H2,1-3H3,(H,22,27). The van der Waals surface area contributed by atoms with E-state index in [0.717, 1.165) is 24.4 Å². The first-order valence-electron chi connectivity index (χ1n) is 9.33. The summed E-state index contributed by atoms with van der Waals surface area (Å²) in [6, 6.07) is 7.60. The Kier molecular flexibility index (Phi) is 6.30. The number of rotatable bonds is 8. The van der Waals surface area contributed by atoms with Gasteiger partial charge in [0.1, 0.15) is 5.75 Å². The van der Waals surface area contributed by atoms with Crippen LogP contribution in [0, 0.1) is 5.92 Å². The van der Waals surface area contributed by atoms with Crippen molar-refractivity contribution < 1.29 is 14.3 Å². The molecule has 1 aliphatic heterocycles. The van der Waals surface area contributed by atoms with Crippen molar-refractivity contribution in [3.05, 3.63) is 42.2 Å². The van der Waals surface area contributed by atoms with Gasteiger partial charge in [-0.25, -0.2) is 0 Å². The maximum absolute atomic E-state index is 12.6. The van der Waals surface area contributed by atoms with E-state index in [2.05, 4.69) is 15.3 Å². The Bertz CT molecular complexity index is 816. The molecule has 1 aromatic carbocycles. The number of ether oxygens (including phenoxy) is 1. The van der Waals surface area contributed by atoms with Gasteiger partial charge >= 0.3 is 0 Å². The molecule has 2 amide bonds. The summed E-state index contributed by atoms with van der Waals surface area (Å²) in [5.41, 5.74) is 1.67. The van der Waals surface area contributed by atoms with Gasteiger partial charge in [-0.3, -0.25) is 14.3 Å². The molecule has 1 aliphatic rings. The van der Waals surface area contributed by atoms with Gasteiger partial charge in [-0.2, -0.15) is 5.10 Å². The highest BCUT2D eigenvalue weighted by molar-refractivity contribution is 5.97. The Morgan fingerprint density at radius 1 is 1.32 bits per heavy atom. The molecule has 150 valence electrons. The maximum atomic E-state index is 12.6. The minimum absolute atomic E-state index is 0.00218. The third kappa shape index (κ3) is 5.10. The van der Waals surface area contributed by atoms with Crippen LogP contribution in [0.4, 0.5) is 5.69 Å². The van der Waals surface area contributed by atoms with Gasteiger partial charge in [0.2, 0.25) is 11.8 Å². The van der Waals surface area contributed by atoms with Crippen molar-refractivity contribution in [3.8, 4) is 5.75 Å². The number of methoxy groups -OCH3 is 1. The summed E-state index contributed by atoms with van der Waals surface area (Å²) in [6.07, 6.45) is 3.68. The lowest BCUT2D eigenvalue weighted by molar-refractivity contribution is -0.128. The number of hydrogen-bond acceptors (Lipinski definition) is 5. The van der Waals surface area contributed by atoms with Gasteiger partial charge in [0.15, 0.2) is 0 Å². The Morgan fingerprint density at radius 3 is 2.75 bits per heavy atom. The molecule has 3 rings (SSSR count). The fourth-order valence-corrected chi connectivity index (χ4v) is 3.15. The largest absolute Gasteiger partial charge is 0.497 e. The second-order valence-electron chi connectivity index (χ2n) is 7.31. The van der Waals surface area contributed by atoms with E-state index in [-0.39, 0.29) is 24.2 Å². The highest BCUT2D eigenvalue weighted by atomic mass is 16.5. The highest BCUT2D eigenvalue weighted by Gasteiger charge is 2.34. The molecule has 0 radical (unpaired) electrons. The van der Waals surface area contributed by atoms with Crippen LogP contribution in [0.15, 0.2) is 36.7 Å². The van der Waals surface area contributed by atoms with Crippen molar-refractivity contribution in [1.29, 1.82) is 0 Å². The SMILES string of the molecule is COc1ccc(CN2CC(C(=O)Nc3cnn(CCN(C)C)c3)CC2=O)cc1. The predicted octanol–water partition coefficient (Wildman–Crippen LogP) is 1.44. The van der Waals surface area contributed by atoms with Gasteiger partial charge in [-0.15, -0.1) is 0 Å². The van der Waals surface area contributed by atoms with Gasteiger partial charge in [-0.1, -0.05) is 12.1 Å². The molecule has 0 saturated carbocycles. The van der Waals surface area contributed by atoms with E-state index >= 15 is 0 Å². The van der Waals surface area contributed by atoms with Crippen LogP contribution in [0.25, 0.3) is 0 Å². The number of likely N-dealkylation sites (N-methyl/N-ethyl adjacent to an activating group) is 1. The smallest absolute Gasteiger partial charge is 0.229 e. The van der Waals surface area contributed by atoms with E-state index in [9.17, 15) is 9.59 Å². The fourth-order valence-electron chi connectivity index (χ4n) is 3.15. The summed E-state index contributed by atoms with van der Waals surface area (Å²) in [5, 5.41) is 7.14. The van der Waals surface area contributed by atoms with Crippen LogP contribution in [0.2, 0.25) is 0 Å². The zero-order chi connectivity index (χ0) is 20.1. The normalized spacial score (nSPS) is 16.6. The molecule has 2 aromatic rings. The number of nitrogens with zero attached hydrogens (tertiary/aromatic N) is 4. The second kappa shape index (κ2) is 8.88. The summed E-state index contributed by atoms with van der Waals surface area (Å²) in [5.74, 6) is 0.283. The molecular formula is C20H27N5O3. The van der Waals surface area contributed by atoms with Crippen LogP contribution in [-0.4, -0.2) is 65.7 Å². The van der Waals surface area contributed by atoms with Crippen LogP contribution in [0.1, 0.15) is 12.0 Å². The first-order chi connectivity index (χ1) is 13.4. The summed E-state index contributed by atoms with van der Waals surface area (Å²) in [7, 11) is 5.62. The van der Waals surface area contributed by atoms with Crippen LogP contribution >= 0.6 is 0 Å². The lowest BCUT2D eigenvalue weighted by Gasteiger charge is -2.16. The molecule has 28 heavy (non-hydrogen) atoms. The number of amides is 2. The van der Waals surface area contributed by atoms with Crippen molar-refractivity contribution in [2.45, 2.75) is 19.5 Å². The molecule has 8 heteroatoms. The van der Waals surface area contributed by atoms with Crippen molar-refractivity contribution in [3.63, 3.8) is 0 Å². The Hall–Kier alpha value is -2.87. The predicted molar refractivity (Wildman–Crippen MR) is 106 cm³/mol. The molecule has 0 aliphatic carbocycles. The molecular weight excluding hydrogens is 358 g/mol.